The van der Waals surface area contributed by atoms with Gasteiger partial charge in [-0.3, -0.25) is 9.59 Å². The predicted molar refractivity (Wildman–Crippen MR) is 73.7 cm³/mol. The maximum Gasteiger partial charge on any atom is 0.238 e. The maximum absolute atomic E-state index is 12.5. The number of nitrogens with one attached hydrogen (secondary N) is 1. The van der Waals surface area contributed by atoms with E-state index in [0.29, 0.717) is 6.54 Å². The Bertz CT molecular complexity index is 345. The molecule has 0 radical (unpaired) electrons. The van der Waals surface area contributed by atoms with Crippen molar-refractivity contribution in [2.24, 2.45) is 5.41 Å². The van der Waals surface area contributed by atoms with E-state index in [1.165, 1.54) is 0 Å². The Morgan fingerprint density at radius 3 is 2.21 bits per heavy atom. The van der Waals surface area contributed by atoms with Crippen LogP contribution in [0.25, 0.3) is 0 Å². The third kappa shape index (κ3) is 2.91. The highest BCUT2D eigenvalue weighted by molar-refractivity contribution is 6.07. The van der Waals surface area contributed by atoms with Gasteiger partial charge in [-0.2, -0.15) is 0 Å². The standard InChI is InChI=1S/C14H25N3O2/c1-3-7-15-12(18)14(5-6-14)13(19)17-10-8-16(4-2)9-11-17/h3-11H2,1-2H3,(H,15,18). The smallest absolute Gasteiger partial charge is 0.238 e. The van der Waals surface area contributed by atoms with Gasteiger partial charge < -0.3 is 15.1 Å². The summed E-state index contributed by atoms with van der Waals surface area (Å²) in [4.78, 5) is 28.9. The van der Waals surface area contributed by atoms with Crippen LogP contribution in [0.3, 0.4) is 0 Å². The summed E-state index contributed by atoms with van der Waals surface area (Å²) in [7, 11) is 0. The highest BCUT2D eigenvalue weighted by atomic mass is 16.2. The molecule has 1 aliphatic heterocycles. The van der Waals surface area contributed by atoms with Gasteiger partial charge >= 0.3 is 0 Å². The molecule has 5 heteroatoms. The number of carbonyl (C=O) groups excluding carboxylic acids is 2. The summed E-state index contributed by atoms with van der Waals surface area (Å²) >= 11 is 0. The second kappa shape index (κ2) is 5.90. The Balaban J connectivity index is 1.91. The van der Waals surface area contributed by atoms with E-state index in [0.717, 1.165) is 52.0 Å². The van der Waals surface area contributed by atoms with Crippen molar-refractivity contribution >= 4 is 11.8 Å². The number of amides is 2. The molecule has 1 heterocycles. The van der Waals surface area contributed by atoms with E-state index < -0.39 is 5.41 Å². The van der Waals surface area contributed by atoms with Crippen molar-refractivity contribution in [3.8, 4) is 0 Å². The summed E-state index contributed by atoms with van der Waals surface area (Å²) in [5, 5.41) is 2.88. The summed E-state index contributed by atoms with van der Waals surface area (Å²) < 4.78 is 0. The summed E-state index contributed by atoms with van der Waals surface area (Å²) in [6, 6.07) is 0. The van der Waals surface area contributed by atoms with E-state index in [2.05, 4.69) is 17.1 Å². The Morgan fingerprint density at radius 2 is 1.74 bits per heavy atom. The maximum atomic E-state index is 12.5. The average Bonchev–Trinajstić information content (AvgIpc) is 3.25. The molecule has 0 aromatic carbocycles. The number of hydrogen-bond donors (Lipinski definition) is 1. The van der Waals surface area contributed by atoms with Crippen molar-refractivity contribution in [2.45, 2.75) is 33.1 Å². The predicted octanol–water partition coefficient (Wildman–Crippen LogP) is 0.457. The van der Waals surface area contributed by atoms with Gasteiger partial charge in [-0.25, -0.2) is 0 Å². The van der Waals surface area contributed by atoms with E-state index in [-0.39, 0.29) is 11.8 Å². The lowest BCUT2D eigenvalue weighted by atomic mass is 10.0. The number of nitrogens with zero attached hydrogens (tertiary/aromatic N) is 2. The minimum absolute atomic E-state index is 0.0526. The molecular weight excluding hydrogens is 242 g/mol. The zero-order valence-electron chi connectivity index (χ0n) is 12.1. The van der Waals surface area contributed by atoms with Gasteiger partial charge in [0.2, 0.25) is 11.8 Å². The SMILES string of the molecule is CCCNC(=O)C1(C(=O)N2CCN(CC)CC2)CC1. The monoisotopic (exact) mass is 267 g/mol. The molecule has 1 aliphatic carbocycles. The lowest BCUT2D eigenvalue weighted by Crippen LogP contribution is -2.53. The molecule has 1 N–H and O–H groups in total. The van der Waals surface area contributed by atoms with Crippen molar-refractivity contribution in [1.29, 1.82) is 0 Å². The van der Waals surface area contributed by atoms with E-state index >= 15 is 0 Å². The number of carbonyl (C=O) groups is 2. The zero-order valence-corrected chi connectivity index (χ0v) is 12.1. The normalized spacial score (nSPS) is 22.1. The van der Waals surface area contributed by atoms with Gasteiger partial charge in [0, 0.05) is 32.7 Å². The van der Waals surface area contributed by atoms with Crippen LogP contribution in [-0.2, 0) is 9.59 Å². The topological polar surface area (TPSA) is 52.7 Å². The summed E-state index contributed by atoms with van der Waals surface area (Å²) in [6.45, 7) is 9.22. The Hall–Kier alpha value is -1.10. The van der Waals surface area contributed by atoms with Crippen molar-refractivity contribution in [3.05, 3.63) is 0 Å². The summed E-state index contributed by atoms with van der Waals surface area (Å²) in [6.07, 6.45) is 2.34. The van der Waals surface area contributed by atoms with E-state index in [4.69, 9.17) is 0 Å². The van der Waals surface area contributed by atoms with Crippen LogP contribution in [0.2, 0.25) is 0 Å². The molecule has 0 bridgehead atoms. The molecule has 0 aromatic rings. The molecule has 0 aromatic heterocycles. The van der Waals surface area contributed by atoms with Gasteiger partial charge in [-0.05, 0) is 25.8 Å². The molecule has 2 amide bonds. The van der Waals surface area contributed by atoms with Crippen LogP contribution in [0.4, 0.5) is 0 Å². The zero-order chi connectivity index (χ0) is 13.9. The van der Waals surface area contributed by atoms with Crippen LogP contribution in [-0.4, -0.2) is 60.9 Å². The van der Waals surface area contributed by atoms with Gasteiger partial charge in [-0.1, -0.05) is 13.8 Å². The highest BCUT2D eigenvalue weighted by Crippen LogP contribution is 2.47. The van der Waals surface area contributed by atoms with E-state index in [1.807, 2.05) is 11.8 Å². The molecule has 2 aliphatic rings. The number of rotatable bonds is 5. The quantitative estimate of drug-likeness (QED) is 0.736. The Morgan fingerprint density at radius 1 is 1.11 bits per heavy atom. The molecule has 2 rings (SSSR count). The Kier molecular flexibility index (Phi) is 4.45. The molecule has 0 spiro atoms. The third-order valence-corrected chi connectivity index (χ3v) is 4.24. The second-order valence-electron chi connectivity index (χ2n) is 5.56. The minimum atomic E-state index is -0.719. The molecular formula is C14H25N3O2. The first-order chi connectivity index (χ1) is 9.14. The largest absolute Gasteiger partial charge is 0.355 e. The number of hydrogen-bond acceptors (Lipinski definition) is 3. The lowest BCUT2D eigenvalue weighted by molar-refractivity contribution is -0.145. The van der Waals surface area contributed by atoms with Crippen LogP contribution in [0.1, 0.15) is 33.1 Å². The fourth-order valence-electron chi connectivity index (χ4n) is 2.64. The van der Waals surface area contributed by atoms with E-state index in [9.17, 15) is 9.59 Å². The van der Waals surface area contributed by atoms with Gasteiger partial charge in [0.1, 0.15) is 5.41 Å². The van der Waals surface area contributed by atoms with Crippen molar-refractivity contribution in [3.63, 3.8) is 0 Å². The minimum Gasteiger partial charge on any atom is -0.355 e. The fraction of sp³-hybridized carbons (Fsp3) is 0.857. The highest BCUT2D eigenvalue weighted by Gasteiger charge is 2.57. The first-order valence-corrected chi connectivity index (χ1v) is 7.44. The van der Waals surface area contributed by atoms with Gasteiger partial charge in [0.15, 0.2) is 0 Å². The third-order valence-electron chi connectivity index (χ3n) is 4.24. The number of likely N-dealkylation sites (N-methyl/N-ethyl adjacent to an activating group) is 1. The van der Waals surface area contributed by atoms with Gasteiger partial charge in [0.05, 0.1) is 0 Å². The molecule has 19 heavy (non-hydrogen) atoms. The molecule has 108 valence electrons. The van der Waals surface area contributed by atoms with E-state index in [1.54, 1.807) is 0 Å². The van der Waals surface area contributed by atoms with Crippen LogP contribution in [0.5, 0.6) is 0 Å². The molecule has 5 nitrogen and oxygen atoms in total. The van der Waals surface area contributed by atoms with Crippen LogP contribution >= 0.6 is 0 Å². The second-order valence-corrected chi connectivity index (χ2v) is 5.56. The summed E-state index contributed by atoms with van der Waals surface area (Å²) in [5.74, 6) is -0.00544. The molecule has 2 fully saturated rings. The molecule has 1 saturated heterocycles. The Labute approximate surface area is 115 Å². The van der Waals surface area contributed by atoms with Crippen LogP contribution < -0.4 is 5.32 Å². The average molecular weight is 267 g/mol. The molecule has 0 atom stereocenters. The van der Waals surface area contributed by atoms with Crippen molar-refractivity contribution < 1.29 is 9.59 Å². The first kappa shape index (κ1) is 14.3. The number of piperazine rings is 1. The van der Waals surface area contributed by atoms with Crippen LogP contribution in [0, 0.1) is 5.41 Å². The molecule has 0 unspecified atom stereocenters. The molecule has 1 saturated carbocycles. The summed E-state index contributed by atoms with van der Waals surface area (Å²) in [5.41, 5.74) is -0.719. The van der Waals surface area contributed by atoms with Crippen molar-refractivity contribution in [2.75, 3.05) is 39.3 Å². The van der Waals surface area contributed by atoms with Crippen molar-refractivity contribution in [1.82, 2.24) is 15.1 Å². The van der Waals surface area contributed by atoms with Crippen LogP contribution in [0.15, 0.2) is 0 Å². The first-order valence-electron chi connectivity index (χ1n) is 7.44. The lowest BCUT2D eigenvalue weighted by Gasteiger charge is -2.35. The fourth-order valence-corrected chi connectivity index (χ4v) is 2.64. The van der Waals surface area contributed by atoms with Gasteiger partial charge in [-0.15, -0.1) is 0 Å². The van der Waals surface area contributed by atoms with Gasteiger partial charge in [0.25, 0.3) is 0 Å².